The van der Waals surface area contributed by atoms with Crippen LogP contribution in [0.2, 0.25) is 0 Å². The van der Waals surface area contributed by atoms with Crippen molar-refractivity contribution in [3.05, 3.63) is 10.6 Å². The second kappa shape index (κ2) is 32.5. The van der Waals surface area contributed by atoms with Gasteiger partial charge in [-0.2, -0.15) is 0 Å². The van der Waals surface area contributed by atoms with Gasteiger partial charge in [0.2, 0.25) is 0 Å². The van der Waals surface area contributed by atoms with E-state index in [2.05, 4.69) is 38.3 Å². The molecule has 0 unspecified atom stereocenters. The maximum Gasteiger partial charge on any atom is 0 e. The summed E-state index contributed by atoms with van der Waals surface area (Å²) in [6.45, 7) is 13.1. The van der Waals surface area contributed by atoms with Crippen molar-refractivity contribution in [2.24, 2.45) is 0 Å². The molecule has 0 atom stereocenters. The van der Waals surface area contributed by atoms with E-state index in [0.29, 0.717) is 0 Å². The molecule has 0 saturated heterocycles. The van der Waals surface area contributed by atoms with Gasteiger partial charge in [-0.1, -0.05) is 79.1 Å². The Bertz CT molecular complexity index is 101. The van der Waals surface area contributed by atoms with Crippen molar-refractivity contribution in [2.45, 2.75) is 79.1 Å². The summed E-state index contributed by atoms with van der Waals surface area (Å²) in [6, 6.07) is 0. The number of hydrogen-bond acceptors (Lipinski definition) is 0. The summed E-state index contributed by atoms with van der Waals surface area (Å²) in [4.78, 5) is 0. The Morgan fingerprint density at radius 1 is 0.500 bits per heavy atom. The van der Waals surface area contributed by atoms with Crippen LogP contribution in [0.25, 0.3) is 10.6 Å². The molecule has 2 nitrogen and oxygen atoms in total. The first-order valence-electron chi connectivity index (χ1n) is 8.09. The summed E-state index contributed by atoms with van der Waals surface area (Å²) in [5.41, 5.74) is 0. The number of hydrogen-bond donors (Lipinski definition) is 0. The van der Waals surface area contributed by atoms with Crippen LogP contribution in [0.4, 0.5) is 0 Å². The minimum atomic E-state index is 0. The molecule has 0 fully saturated rings. The van der Waals surface area contributed by atoms with Crippen LogP contribution in [0.15, 0.2) is 0 Å². The Morgan fingerprint density at radius 2 is 0.700 bits per heavy atom. The number of nitrogens with zero attached hydrogens (tertiary/aromatic N) is 2. The molecule has 0 bridgehead atoms. The van der Waals surface area contributed by atoms with E-state index in [0.717, 1.165) is 26.2 Å². The van der Waals surface area contributed by atoms with Gasteiger partial charge in [0.05, 0.1) is 0 Å². The van der Waals surface area contributed by atoms with E-state index in [4.69, 9.17) is 0 Å². The number of unbranched alkanes of at least 4 members (excludes halogenated alkanes) is 4. The van der Waals surface area contributed by atoms with E-state index in [1.807, 2.05) is 0 Å². The third-order valence-electron chi connectivity index (χ3n) is 2.68. The molecule has 0 aliphatic rings. The quantitative estimate of drug-likeness (QED) is 0.319. The zero-order valence-electron chi connectivity index (χ0n) is 14.3. The third-order valence-corrected chi connectivity index (χ3v) is 2.68. The van der Waals surface area contributed by atoms with Gasteiger partial charge in [0.25, 0.3) is 0 Å². The van der Waals surface area contributed by atoms with Crippen LogP contribution in [-0.4, -0.2) is 26.2 Å². The molecule has 0 saturated carbocycles. The zero-order chi connectivity index (χ0) is 13.9. The van der Waals surface area contributed by atoms with Crippen LogP contribution in [0, 0.1) is 40.8 Å². The molecule has 0 radical (unpaired) electrons. The molecule has 0 aromatic carbocycles. The first kappa shape index (κ1) is 29.6. The minimum absolute atomic E-state index is 0. The standard InChI is InChI=1S/2C8H18N.ClH.Nd/c2*1-3-5-7-9-8-6-4-2;;/h2*3-8H2,1-2H3;1H;/q2*-1;;. The Labute approximate surface area is 168 Å². The van der Waals surface area contributed by atoms with E-state index in [-0.39, 0.29) is 53.2 Å². The van der Waals surface area contributed by atoms with Gasteiger partial charge in [-0.25, -0.2) is 0 Å². The summed E-state index contributed by atoms with van der Waals surface area (Å²) >= 11 is 0. The van der Waals surface area contributed by atoms with Crippen LogP contribution in [-0.2, 0) is 0 Å². The normalized spacial score (nSPS) is 9.00. The smallest absolute Gasteiger partial charge is 0 e. The van der Waals surface area contributed by atoms with E-state index in [1.54, 1.807) is 0 Å². The van der Waals surface area contributed by atoms with Crippen LogP contribution in [0.3, 0.4) is 0 Å². The first-order chi connectivity index (χ1) is 8.83. The fraction of sp³-hybridized carbons (Fsp3) is 1.00. The van der Waals surface area contributed by atoms with Crippen molar-refractivity contribution in [1.82, 2.24) is 0 Å². The molecular formula is C16H37ClN2Nd-2. The van der Waals surface area contributed by atoms with E-state index < -0.39 is 0 Å². The van der Waals surface area contributed by atoms with E-state index >= 15 is 0 Å². The van der Waals surface area contributed by atoms with Gasteiger partial charge >= 0.3 is 0 Å². The van der Waals surface area contributed by atoms with Crippen molar-refractivity contribution in [2.75, 3.05) is 26.2 Å². The predicted molar refractivity (Wildman–Crippen MR) is 93.1 cm³/mol. The molecule has 0 aliphatic heterocycles. The zero-order valence-corrected chi connectivity index (χ0v) is 18.3. The van der Waals surface area contributed by atoms with E-state index in [9.17, 15) is 0 Å². The van der Waals surface area contributed by atoms with Crippen LogP contribution in [0.1, 0.15) is 79.1 Å². The molecule has 124 valence electrons. The van der Waals surface area contributed by atoms with Crippen molar-refractivity contribution in [3.8, 4) is 0 Å². The van der Waals surface area contributed by atoms with Gasteiger partial charge in [0.15, 0.2) is 0 Å². The maximum atomic E-state index is 4.35. The molecule has 0 rings (SSSR count). The summed E-state index contributed by atoms with van der Waals surface area (Å²) in [7, 11) is 0. The molecule has 0 aliphatic carbocycles. The molecular weight excluding hydrogens is 400 g/mol. The minimum Gasteiger partial charge on any atom is -0.662 e. The summed E-state index contributed by atoms with van der Waals surface area (Å²) in [5, 5.41) is 8.70. The fourth-order valence-electron chi connectivity index (χ4n) is 1.30. The maximum absolute atomic E-state index is 4.35. The second-order valence-corrected chi connectivity index (χ2v) is 4.76. The summed E-state index contributed by atoms with van der Waals surface area (Å²) in [5.74, 6) is 0. The van der Waals surface area contributed by atoms with Crippen molar-refractivity contribution >= 4 is 12.4 Å². The van der Waals surface area contributed by atoms with Gasteiger partial charge in [0, 0.05) is 40.8 Å². The molecule has 0 spiro atoms. The second-order valence-electron chi connectivity index (χ2n) is 4.76. The Kier molecular flexibility index (Phi) is 48.0. The number of rotatable bonds is 12. The van der Waals surface area contributed by atoms with Crippen molar-refractivity contribution in [3.63, 3.8) is 0 Å². The summed E-state index contributed by atoms with van der Waals surface area (Å²) in [6.07, 6.45) is 10.2. The van der Waals surface area contributed by atoms with Gasteiger partial charge in [0.1, 0.15) is 0 Å². The van der Waals surface area contributed by atoms with Crippen molar-refractivity contribution in [1.29, 1.82) is 0 Å². The average Bonchev–Trinajstić information content (AvgIpc) is 2.39. The van der Waals surface area contributed by atoms with Gasteiger partial charge in [-0.3, -0.25) is 0 Å². The molecule has 0 amide bonds. The SMILES string of the molecule is CCCC[N-]CCCC.CCCC[N-]CCCC.Cl.[Nd]. The molecule has 4 heteroatoms. The monoisotopic (exact) mass is 434 g/mol. The largest absolute Gasteiger partial charge is 0.662 e. The van der Waals surface area contributed by atoms with Gasteiger partial charge in [-0.15, -0.1) is 38.6 Å². The molecule has 0 heterocycles. The van der Waals surface area contributed by atoms with Crippen molar-refractivity contribution < 1.29 is 40.8 Å². The Morgan fingerprint density at radius 3 is 0.850 bits per heavy atom. The first-order valence-corrected chi connectivity index (χ1v) is 8.09. The van der Waals surface area contributed by atoms with Crippen LogP contribution >= 0.6 is 12.4 Å². The average molecular weight is 437 g/mol. The Hall–Kier alpha value is 1.56. The number of halogens is 1. The topological polar surface area (TPSA) is 28.2 Å². The molecule has 0 aromatic rings. The molecule has 0 N–H and O–H groups in total. The third kappa shape index (κ3) is 36.6. The summed E-state index contributed by atoms with van der Waals surface area (Å²) < 4.78 is 0. The van der Waals surface area contributed by atoms with Gasteiger partial charge in [-0.05, 0) is 0 Å². The molecule has 0 aromatic heterocycles. The fourth-order valence-corrected chi connectivity index (χ4v) is 1.30. The molecule has 20 heavy (non-hydrogen) atoms. The van der Waals surface area contributed by atoms with Crippen LogP contribution in [0.5, 0.6) is 0 Å². The predicted octanol–water partition coefficient (Wildman–Crippen LogP) is 6.34. The van der Waals surface area contributed by atoms with Crippen LogP contribution < -0.4 is 0 Å². The van der Waals surface area contributed by atoms with Gasteiger partial charge < -0.3 is 10.6 Å². The Balaban J connectivity index is -0.000000116. The van der Waals surface area contributed by atoms with E-state index in [1.165, 1.54) is 51.4 Å².